The molecule has 0 saturated heterocycles. The number of carboxylic acids is 1. The van der Waals surface area contributed by atoms with E-state index in [0.29, 0.717) is 23.0 Å². The summed E-state index contributed by atoms with van der Waals surface area (Å²) in [7, 11) is 0. The number of hydrogen-bond acceptors (Lipinski definition) is 4. The van der Waals surface area contributed by atoms with Gasteiger partial charge in [0.05, 0.1) is 16.3 Å². The summed E-state index contributed by atoms with van der Waals surface area (Å²) in [6.45, 7) is 2.01. The summed E-state index contributed by atoms with van der Waals surface area (Å²) in [6.07, 6.45) is 1.58. The third-order valence-electron chi connectivity index (χ3n) is 2.43. The largest absolute Gasteiger partial charge is 0.478 e. The summed E-state index contributed by atoms with van der Waals surface area (Å²) < 4.78 is 1.47. The molecule has 0 aliphatic carbocycles. The number of tetrazole rings is 1. The van der Waals surface area contributed by atoms with Gasteiger partial charge in [-0.15, -0.1) is 5.10 Å². The number of benzene rings is 1. The van der Waals surface area contributed by atoms with E-state index in [2.05, 4.69) is 15.5 Å². The van der Waals surface area contributed by atoms with Crippen molar-refractivity contribution < 1.29 is 9.90 Å². The summed E-state index contributed by atoms with van der Waals surface area (Å²) >= 11 is 6.06. The van der Waals surface area contributed by atoms with E-state index in [1.165, 1.54) is 22.9 Å². The molecule has 0 amide bonds. The number of halogens is 1. The van der Waals surface area contributed by atoms with Crippen LogP contribution >= 0.6 is 11.6 Å². The van der Waals surface area contributed by atoms with Gasteiger partial charge in [-0.3, -0.25) is 0 Å². The van der Waals surface area contributed by atoms with Crippen molar-refractivity contribution in [2.24, 2.45) is 0 Å². The van der Waals surface area contributed by atoms with Crippen molar-refractivity contribution in [3.05, 3.63) is 34.6 Å². The lowest BCUT2D eigenvalue weighted by molar-refractivity contribution is 0.0697. The number of carbonyl (C=O) groups is 1. The van der Waals surface area contributed by atoms with Gasteiger partial charge in [-0.2, -0.15) is 4.68 Å². The van der Waals surface area contributed by atoms with E-state index >= 15 is 0 Å². The van der Waals surface area contributed by atoms with E-state index in [-0.39, 0.29) is 5.56 Å². The van der Waals surface area contributed by atoms with E-state index in [1.807, 2.05) is 6.92 Å². The molecule has 1 aromatic heterocycles. The predicted molar refractivity (Wildman–Crippen MR) is 65.1 cm³/mol. The third-order valence-corrected chi connectivity index (χ3v) is 2.75. The lowest BCUT2D eigenvalue weighted by Crippen LogP contribution is -2.06. The maximum Gasteiger partial charge on any atom is 0.335 e. The van der Waals surface area contributed by atoms with Crippen molar-refractivity contribution in [2.45, 2.75) is 19.8 Å². The first-order valence-corrected chi connectivity index (χ1v) is 5.81. The van der Waals surface area contributed by atoms with Gasteiger partial charge in [-0.05, 0) is 35.0 Å². The molecule has 0 atom stereocenters. The molecule has 0 aliphatic heterocycles. The summed E-state index contributed by atoms with van der Waals surface area (Å²) in [6, 6.07) is 4.43. The Balaban J connectivity index is 2.52. The minimum atomic E-state index is -1.02. The van der Waals surface area contributed by atoms with E-state index in [0.717, 1.165) is 6.42 Å². The molecule has 0 spiro atoms. The molecule has 0 bridgehead atoms. The first kappa shape index (κ1) is 12.5. The van der Waals surface area contributed by atoms with Gasteiger partial charge >= 0.3 is 5.97 Å². The molecule has 0 radical (unpaired) electrons. The summed E-state index contributed by atoms with van der Waals surface area (Å²) in [5, 5.41) is 20.7. The van der Waals surface area contributed by atoms with Gasteiger partial charge in [0, 0.05) is 6.42 Å². The van der Waals surface area contributed by atoms with Crippen molar-refractivity contribution in [2.75, 3.05) is 0 Å². The van der Waals surface area contributed by atoms with Crippen LogP contribution in [0.1, 0.15) is 29.5 Å². The van der Waals surface area contributed by atoms with Crippen molar-refractivity contribution >= 4 is 17.6 Å². The van der Waals surface area contributed by atoms with Crippen molar-refractivity contribution in [1.29, 1.82) is 0 Å². The second-order valence-corrected chi connectivity index (χ2v) is 4.14. The quantitative estimate of drug-likeness (QED) is 0.915. The highest BCUT2D eigenvalue weighted by Crippen LogP contribution is 2.22. The SMILES string of the molecule is CCCc1nnnn1-c1cc(C(=O)O)ccc1Cl. The van der Waals surface area contributed by atoms with E-state index in [1.54, 1.807) is 0 Å². The summed E-state index contributed by atoms with van der Waals surface area (Å²) in [5.41, 5.74) is 0.623. The maximum absolute atomic E-state index is 10.9. The molecule has 0 unspecified atom stereocenters. The van der Waals surface area contributed by atoms with Crippen LogP contribution in [0.25, 0.3) is 5.69 Å². The monoisotopic (exact) mass is 266 g/mol. The van der Waals surface area contributed by atoms with Gasteiger partial charge in [-0.1, -0.05) is 18.5 Å². The Morgan fingerprint density at radius 2 is 2.28 bits per heavy atom. The van der Waals surface area contributed by atoms with Crippen LogP contribution in [-0.4, -0.2) is 31.3 Å². The zero-order chi connectivity index (χ0) is 13.1. The van der Waals surface area contributed by atoms with E-state index in [4.69, 9.17) is 16.7 Å². The number of aromatic carboxylic acids is 1. The molecule has 1 aromatic carbocycles. The van der Waals surface area contributed by atoms with E-state index < -0.39 is 5.97 Å². The Kier molecular flexibility index (Phi) is 3.57. The predicted octanol–water partition coefficient (Wildman–Crippen LogP) is 1.97. The Labute approximate surface area is 108 Å². The number of carboxylic acid groups (broad SMARTS) is 1. The smallest absolute Gasteiger partial charge is 0.335 e. The minimum absolute atomic E-state index is 0.146. The second kappa shape index (κ2) is 5.14. The van der Waals surface area contributed by atoms with Crippen molar-refractivity contribution in [1.82, 2.24) is 20.2 Å². The molecule has 0 aliphatic rings. The minimum Gasteiger partial charge on any atom is -0.478 e. The molecule has 1 heterocycles. The lowest BCUT2D eigenvalue weighted by atomic mass is 10.2. The van der Waals surface area contributed by atoms with Crippen molar-refractivity contribution in [3.63, 3.8) is 0 Å². The van der Waals surface area contributed by atoms with Crippen LogP contribution in [0.4, 0.5) is 0 Å². The first-order chi connectivity index (χ1) is 8.63. The number of rotatable bonds is 4. The Hall–Kier alpha value is -1.95. The van der Waals surface area contributed by atoms with Crippen LogP contribution in [0.3, 0.4) is 0 Å². The molecule has 0 saturated carbocycles. The summed E-state index contributed by atoms with van der Waals surface area (Å²) in [4.78, 5) is 10.9. The highest BCUT2D eigenvalue weighted by atomic mass is 35.5. The molecular formula is C11H11ClN4O2. The second-order valence-electron chi connectivity index (χ2n) is 3.73. The molecule has 2 rings (SSSR count). The van der Waals surface area contributed by atoms with Crippen LogP contribution in [-0.2, 0) is 6.42 Å². The van der Waals surface area contributed by atoms with Gasteiger partial charge in [0.15, 0.2) is 5.82 Å². The van der Waals surface area contributed by atoms with Gasteiger partial charge < -0.3 is 5.11 Å². The molecule has 6 nitrogen and oxygen atoms in total. The molecule has 18 heavy (non-hydrogen) atoms. The Bertz CT molecular complexity index is 582. The van der Waals surface area contributed by atoms with Gasteiger partial charge in [0.1, 0.15) is 0 Å². The van der Waals surface area contributed by atoms with Crippen molar-refractivity contribution in [3.8, 4) is 5.69 Å². The maximum atomic E-state index is 10.9. The molecule has 7 heteroatoms. The average Bonchev–Trinajstić information content (AvgIpc) is 2.78. The van der Waals surface area contributed by atoms with E-state index in [9.17, 15) is 4.79 Å². The Morgan fingerprint density at radius 1 is 1.50 bits per heavy atom. The van der Waals surface area contributed by atoms with Gasteiger partial charge in [0.25, 0.3) is 0 Å². The fourth-order valence-electron chi connectivity index (χ4n) is 1.58. The fraction of sp³-hybridized carbons (Fsp3) is 0.273. The lowest BCUT2D eigenvalue weighted by Gasteiger charge is -2.07. The molecule has 0 fully saturated rings. The molecule has 2 aromatic rings. The standard InChI is InChI=1S/C11H11ClN4O2/c1-2-3-10-13-14-15-16(10)9-6-7(11(17)18)4-5-8(9)12/h4-6H,2-3H2,1H3,(H,17,18). The molecule has 94 valence electrons. The number of aromatic nitrogens is 4. The zero-order valence-corrected chi connectivity index (χ0v) is 10.4. The third kappa shape index (κ3) is 2.33. The normalized spacial score (nSPS) is 10.6. The Morgan fingerprint density at radius 3 is 2.94 bits per heavy atom. The topological polar surface area (TPSA) is 80.9 Å². The fourth-order valence-corrected chi connectivity index (χ4v) is 1.78. The zero-order valence-electron chi connectivity index (χ0n) is 9.67. The first-order valence-electron chi connectivity index (χ1n) is 5.44. The number of nitrogens with zero attached hydrogens (tertiary/aromatic N) is 4. The van der Waals surface area contributed by atoms with Crippen LogP contribution in [0, 0.1) is 0 Å². The van der Waals surface area contributed by atoms with Gasteiger partial charge in [0.2, 0.25) is 0 Å². The number of aryl methyl sites for hydroxylation is 1. The highest BCUT2D eigenvalue weighted by Gasteiger charge is 2.13. The van der Waals surface area contributed by atoms with Gasteiger partial charge in [-0.25, -0.2) is 4.79 Å². The average molecular weight is 267 g/mol. The molecular weight excluding hydrogens is 256 g/mol. The summed E-state index contributed by atoms with van der Waals surface area (Å²) in [5.74, 6) is -0.361. The number of hydrogen-bond donors (Lipinski definition) is 1. The van der Waals surface area contributed by atoms with Crippen LogP contribution in [0.2, 0.25) is 5.02 Å². The van der Waals surface area contributed by atoms with Crippen LogP contribution in [0.5, 0.6) is 0 Å². The van der Waals surface area contributed by atoms with Crippen LogP contribution < -0.4 is 0 Å². The molecule has 1 N–H and O–H groups in total. The highest BCUT2D eigenvalue weighted by molar-refractivity contribution is 6.32. The van der Waals surface area contributed by atoms with Crippen LogP contribution in [0.15, 0.2) is 18.2 Å².